The zero-order valence-electron chi connectivity index (χ0n) is 14.3. The van der Waals surface area contributed by atoms with Crippen LogP contribution < -0.4 is 4.90 Å². The Kier molecular flexibility index (Phi) is 6.47. The molecule has 0 radical (unpaired) electrons. The molecule has 1 amide bonds. The molecule has 132 valence electrons. The standard InChI is InChI=1S/C19H21NO4S/c1-3-20(17-9-4-6-14(2)10-17)18(21)13-25(24)12-15-7-5-8-16(11-15)19(22)23/h4-11H,3,12-13H2,1-2H3,(H,22,23). The zero-order valence-corrected chi connectivity index (χ0v) is 15.1. The molecule has 5 nitrogen and oxygen atoms in total. The van der Waals surface area contributed by atoms with E-state index >= 15 is 0 Å². The number of rotatable bonds is 7. The topological polar surface area (TPSA) is 74.7 Å². The van der Waals surface area contributed by atoms with Crippen molar-refractivity contribution in [3.63, 3.8) is 0 Å². The number of aryl methyl sites for hydroxylation is 1. The Morgan fingerprint density at radius 1 is 1.12 bits per heavy atom. The Bertz CT molecular complexity index is 804. The van der Waals surface area contributed by atoms with E-state index in [4.69, 9.17) is 5.11 Å². The molecule has 0 saturated carbocycles. The quantitative estimate of drug-likeness (QED) is 0.825. The normalized spacial score (nSPS) is 11.8. The Balaban J connectivity index is 2.05. The zero-order chi connectivity index (χ0) is 18.4. The van der Waals surface area contributed by atoms with Crippen molar-refractivity contribution >= 4 is 28.4 Å². The van der Waals surface area contributed by atoms with E-state index in [9.17, 15) is 13.8 Å². The van der Waals surface area contributed by atoms with Crippen molar-refractivity contribution in [2.75, 3.05) is 17.2 Å². The average Bonchev–Trinajstić information content (AvgIpc) is 2.55. The number of carboxylic acids is 1. The first-order chi connectivity index (χ1) is 11.9. The van der Waals surface area contributed by atoms with E-state index in [1.807, 2.05) is 38.1 Å². The molecular weight excluding hydrogens is 338 g/mol. The summed E-state index contributed by atoms with van der Waals surface area (Å²) in [5.74, 6) is -1.18. The average molecular weight is 359 g/mol. The van der Waals surface area contributed by atoms with Crippen molar-refractivity contribution in [1.82, 2.24) is 0 Å². The molecule has 2 rings (SSSR count). The van der Waals surface area contributed by atoms with Gasteiger partial charge in [-0.3, -0.25) is 9.00 Å². The van der Waals surface area contributed by atoms with Crippen LogP contribution in [0.3, 0.4) is 0 Å². The van der Waals surface area contributed by atoms with E-state index in [0.29, 0.717) is 12.1 Å². The summed E-state index contributed by atoms with van der Waals surface area (Å²) in [6.45, 7) is 4.32. The van der Waals surface area contributed by atoms with Gasteiger partial charge < -0.3 is 10.0 Å². The summed E-state index contributed by atoms with van der Waals surface area (Å²) in [5.41, 5.74) is 2.63. The number of benzene rings is 2. The highest BCUT2D eigenvalue weighted by Gasteiger charge is 2.17. The van der Waals surface area contributed by atoms with Gasteiger partial charge in [0, 0.05) is 28.8 Å². The summed E-state index contributed by atoms with van der Waals surface area (Å²) in [6, 6.07) is 13.9. The minimum absolute atomic E-state index is 0.0981. The Morgan fingerprint density at radius 2 is 1.84 bits per heavy atom. The summed E-state index contributed by atoms with van der Waals surface area (Å²) >= 11 is 0. The second-order valence-corrected chi connectivity index (χ2v) is 7.17. The molecule has 0 aliphatic rings. The Labute approximate surface area is 149 Å². The summed E-state index contributed by atoms with van der Waals surface area (Å²) in [6.07, 6.45) is 0. The van der Waals surface area contributed by atoms with E-state index < -0.39 is 16.8 Å². The third-order valence-corrected chi connectivity index (χ3v) is 4.94. The number of anilines is 1. The van der Waals surface area contributed by atoms with Crippen LogP contribution in [-0.4, -0.2) is 33.5 Å². The van der Waals surface area contributed by atoms with Crippen LogP contribution in [-0.2, 0) is 21.3 Å². The van der Waals surface area contributed by atoms with Crippen molar-refractivity contribution in [1.29, 1.82) is 0 Å². The molecule has 2 aromatic carbocycles. The molecule has 1 unspecified atom stereocenters. The predicted molar refractivity (Wildman–Crippen MR) is 99.3 cm³/mol. The minimum atomic E-state index is -1.41. The number of amides is 1. The van der Waals surface area contributed by atoms with Crippen molar-refractivity contribution in [2.45, 2.75) is 19.6 Å². The highest BCUT2D eigenvalue weighted by Crippen LogP contribution is 2.16. The van der Waals surface area contributed by atoms with Crippen molar-refractivity contribution < 1.29 is 18.9 Å². The lowest BCUT2D eigenvalue weighted by Gasteiger charge is -2.21. The third kappa shape index (κ3) is 5.26. The van der Waals surface area contributed by atoms with Gasteiger partial charge >= 0.3 is 5.97 Å². The lowest BCUT2D eigenvalue weighted by Crippen LogP contribution is -2.34. The van der Waals surface area contributed by atoms with Crippen LogP contribution in [0.25, 0.3) is 0 Å². The maximum atomic E-state index is 12.5. The first-order valence-corrected chi connectivity index (χ1v) is 9.43. The van der Waals surface area contributed by atoms with Crippen LogP contribution in [0.2, 0.25) is 0 Å². The van der Waals surface area contributed by atoms with Gasteiger partial charge in [0.2, 0.25) is 5.91 Å². The monoisotopic (exact) mass is 359 g/mol. The fraction of sp³-hybridized carbons (Fsp3) is 0.263. The van der Waals surface area contributed by atoms with Gasteiger partial charge in [0.1, 0.15) is 5.75 Å². The molecule has 25 heavy (non-hydrogen) atoms. The molecule has 0 bridgehead atoms. The number of carboxylic acid groups (broad SMARTS) is 1. The number of hydrogen-bond donors (Lipinski definition) is 1. The third-order valence-electron chi connectivity index (χ3n) is 3.72. The van der Waals surface area contributed by atoms with Gasteiger partial charge in [0.15, 0.2) is 0 Å². The molecule has 2 aromatic rings. The number of carbonyl (C=O) groups is 2. The van der Waals surface area contributed by atoms with Gasteiger partial charge in [-0.25, -0.2) is 4.79 Å². The Hall–Kier alpha value is -2.47. The number of hydrogen-bond acceptors (Lipinski definition) is 3. The molecule has 0 aliphatic heterocycles. The first-order valence-electron chi connectivity index (χ1n) is 7.95. The second-order valence-electron chi connectivity index (χ2n) is 5.71. The summed E-state index contributed by atoms with van der Waals surface area (Å²) in [4.78, 5) is 25.1. The number of aromatic carboxylic acids is 1. The van der Waals surface area contributed by atoms with E-state index in [0.717, 1.165) is 11.3 Å². The minimum Gasteiger partial charge on any atom is -0.478 e. The van der Waals surface area contributed by atoms with Crippen LogP contribution in [0.15, 0.2) is 48.5 Å². The van der Waals surface area contributed by atoms with Crippen LogP contribution in [0.1, 0.15) is 28.4 Å². The van der Waals surface area contributed by atoms with Gasteiger partial charge in [-0.05, 0) is 49.2 Å². The van der Waals surface area contributed by atoms with Crippen molar-refractivity contribution in [3.8, 4) is 0 Å². The molecular formula is C19H21NO4S. The molecule has 0 fully saturated rings. The Morgan fingerprint density at radius 3 is 2.48 bits per heavy atom. The van der Waals surface area contributed by atoms with Gasteiger partial charge in [-0.1, -0.05) is 24.3 Å². The van der Waals surface area contributed by atoms with Crippen molar-refractivity contribution in [2.24, 2.45) is 0 Å². The molecule has 0 heterocycles. The van der Waals surface area contributed by atoms with E-state index in [2.05, 4.69) is 0 Å². The molecule has 0 saturated heterocycles. The molecule has 0 spiro atoms. The fourth-order valence-corrected chi connectivity index (χ4v) is 3.63. The maximum absolute atomic E-state index is 12.5. The van der Waals surface area contributed by atoms with Crippen molar-refractivity contribution in [3.05, 3.63) is 65.2 Å². The lowest BCUT2D eigenvalue weighted by molar-refractivity contribution is -0.116. The summed E-state index contributed by atoms with van der Waals surface area (Å²) < 4.78 is 12.3. The molecule has 6 heteroatoms. The highest BCUT2D eigenvalue weighted by atomic mass is 32.2. The predicted octanol–water partition coefficient (Wildman–Crippen LogP) is 3.00. The molecule has 0 aliphatic carbocycles. The molecule has 1 atom stereocenters. The maximum Gasteiger partial charge on any atom is 0.335 e. The van der Waals surface area contributed by atoms with Crippen LogP contribution >= 0.6 is 0 Å². The SMILES string of the molecule is CCN(C(=O)CS(=O)Cc1cccc(C(=O)O)c1)c1cccc(C)c1. The van der Waals surface area contributed by atoms with Crippen LogP contribution in [0.4, 0.5) is 5.69 Å². The van der Waals surface area contributed by atoms with Gasteiger partial charge in [-0.2, -0.15) is 0 Å². The fourth-order valence-electron chi connectivity index (χ4n) is 2.55. The molecule has 1 N–H and O–H groups in total. The lowest BCUT2D eigenvalue weighted by atomic mass is 10.1. The van der Waals surface area contributed by atoms with Gasteiger partial charge in [0.05, 0.1) is 5.56 Å². The second kappa shape index (κ2) is 8.58. The largest absolute Gasteiger partial charge is 0.478 e. The summed E-state index contributed by atoms with van der Waals surface area (Å²) in [7, 11) is -1.41. The van der Waals surface area contributed by atoms with Gasteiger partial charge in [-0.15, -0.1) is 0 Å². The van der Waals surface area contributed by atoms with Gasteiger partial charge in [0.25, 0.3) is 0 Å². The first kappa shape index (κ1) is 18.9. The molecule has 0 aromatic heterocycles. The van der Waals surface area contributed by atoms with Crippen LogP contribution in [0.5, 0.6) is 0 Å². The van der Waals surface area contributed by atoms with Crippen LogP contribution in [0, 0.1) is 6.92 Å². The van der Waals surface area contributed by atoms with E-state index in [-0.39, 0.29) is 23.0 Å². The number of carbonyl (C=O) groups excluding carboxylic acids is 1. The smallest absolute Gasteiger partial charge is 0.335 e. The van der Waals surface area contributed by atoms with E-state index in [1.165, 1.54) is 12.1 Å². The highest BCUT2D eigenvalue weighted by molar-refractivity contribution is 7.84. The van der Waals surface area contributed by atoms with E-state index in [1.54, 1.807) is 17.0 Å². The summed E-state index contributed by atoms with van der Waals surface area (Å²) in [5, 5.41) is 9.01. The number of nitrogens with zero attached hydrogens (tertiary/aromatic N) is 1.